The van der Waals surface area contributed by atoms with Crippen molar-refractivity contribution < 1.29 is 28.7 Å². The minimum atomic E-state index is -0.971. The molecule has 0 aliphatic heterocycles. The molecule has 0 fully saturated rings. The van der Waals surface area contributed by atoms with Gasteiger partial charge in [0.1, 0.15) is 17.7 Å². The van der Waals surface area contributed by atoms with Crippen molar-refractivity contribution in [1.82, 2.24) is 15.5 Å². The molecule has 0 heterocycles. The standard InChI is InChI=1S/C28H45N3O6/c1-10-20(6)23(30-27(35)37-28(7,8)9)26(34)31(18(3)4)24(21-14-12-13-19(5)17-21)25(33)29-16-15-22(32)36-11-2/h12-14,17-18,20,23-24H,10-11,15-16H2,1-9H3,(H,29,33)(H,30,35). The van der Waals surface area contributed by atoms with Crippen LogP contribution >= 0.6 is 0 Å². The molecule has 1 rings (SSSR count). The van der Waals surface area contributed by atoms with Crippen LogP contribution < -0.4 is 10.6 Å². The Balaban J connectivity index is 3.39. The third-order valence-electron chi connectivity index (χ3n) is 5.78. The van der Waals surface area contributed by atoms with E-state index in [4.69, 9.17) is 9.47 Å². The summed E-state index contributed by atoms with van der Waals surface area (Å²) < 4.78 is 10.4. The number of nitrogens with one attached hydrogen (secondary N) is 2. The average molecular weight is 520 g/mol. The van der Waals surface area contributed by atoms with Gasteiger partial charge in [0.25, 0.3) is 0 Å². The van der Waals surface area contributed by atoms with Crippen LogP contribution in [0.2, 0.25) is 0 Å². The molecule has 3 atom stereocenters. The van der Waals surface area contributed by atoms with Gasteiger partial charge in [-0.3, -0.25) is 14.4 Å². The molecule has 0 spiro atoms. The Kier molecular flexibility index (Phi) is 12.6. The second-order valence-electron chi connectivity index (χ2n) is 10.5. The van der Waals surface area contributed by atoms with Gasteiger partial charge in [0.2, 0.25) is 11.8 Å². The van der Waals surface area contributed by atoms with Crippen molar-refractivity contribution >= 4 is 23.9 Å². The lowest BCUT2D eigenvalue weighted by molar-refractivity contribution is -0.146. The van der Waals surface area contributed by atoms with E-state index in [1.165, 1.54) is 4.90 Å². The van der Waals surface area contributed by atoms with Crippen LogP contribution in [0.15, 0.2) is 24.3 Å². The second kappa shape index (κ2) is 14.6. The number of hydrogen-bond donors (Lipinski definition) is 2. The van der Waals surface area contributed by atoms with Gasteiger partial charge in [0, 0.05) is 12.6 Å². The van der Waals surface area contributed by atoms with E-state index in [-0.39, 0.29) is 37.4 Å². The zero-order valence-corrected chi connectivity index (χ0v) is 23.8. The largest absolute Gasteiger partial charge is 0.466 e. The summed E-state index contributed by atoms with van der Waals surface area (Å²) in [5.41, 5.74) is 0.840. The highest BCUT2D eigenvalue weighted by Crippen LogP contribution is 2.27. The number of aryl methyl sites for hydroxylation is 1. The molecule has 1 aromatic rings. The van der Waals surface area contributed by atoms with E-state index in [1.54, 1.807) is 33.8 Å². The molecule has 208 valence electrons. The molecule has 1 aromatic carbocycles. The molecule has 9 heteroatoms. The van der Waals surface area contributed by atoms with Crippen LogP contribution in [0.4, 0.5) is 4.79 Å². The highest BCUT2D eigenvalue weighted by Gasteiger charge is 2.39. The van der Waals surface area contributed by atoms with E-state index in [9.17, 15) is 19.2 Å². The van der Waals surface area contributed by atoms with E-state index < -0.39 is 35.7 Å². The fourth-order valence-corrected chi connectivity index (χ4v) is 3.85. The molecule has 9 nitrogen and oxygen atoms in total. The number of carbonyl (C=O) groups excluding carboxylic acids is 4. The van der Waals surface area contributed by atoms with Crippen LogP contribution in [0, 0.1) is 12.8 Å². The minimum absolute atomic E-state index is 0.0193. The first-order chi connectivity index (χ1) is 17.2. The Morgan fingerprint density at radius 2 is 1.70 bits per heavy atom. The Morgan fingerprint density at radius 1 is 1.05 bits per heavy atom. The number of benzene rings is 1. The lowest BCUT2D eigenvalue weighted by Crippen LogP contribution is -2.57. The molecule has 2 N–H and O–H groups in total. The summed E-state index contributed by atoms with van der Waals surface area (Å²) in [7, 11) is 0. The van der Waals surface area contributed by atoms with E-state index in [1.807, 2.05) is 52.8 Å². The zero-order valence-electron chi connectivity index (χ0n) is 23.8. The highest BCUT2D eigenvalue weighted by molar-refractivity contribution is 5.92. The SMILES string of the molecule is CCOC(=O)CCNC(=O)C(c1cccc(C)c1)N(C(=O)C(NC(=O)OC(C)(C)C)C(C)CC)C(C)C. The number of amides is 3. The van der Waals surface area contributed by atoms with E-state index in [2.05, 4.69) is 10.6 Å². The van der Waals surface area contributed by atoms with Gasteiger partial charge >= 0.3 is 12.1 Å². The Bertz CT molecular complexity index is 925. The number of rotatable bonds is 12. The van der Waals surface area contributed by atoms with E-state index >= 15 is 0 Å². The van der Waals surface area contributed by atoms with Gasteiger partial charge in [-0.2, -0.15) is 0 Å². The third-order valence-corrected chi connectivity index (χ3v) is 5.78. The first kappa shape index (κ1) is 31.9. The van der Waals surface area contributed by atoms with Crippen LogP contribution in [0.1, 0.15) is 85.4 Å². The summed E-state index contributed by atoms with van der Waals surface area (Å²) in [6.45, 7) is 16.7. The monoisotopic (exact) mass is 519 g/mol. The first-order valence-electron chi connectivity index (χ1n) is 13.0. The summed E-state index contributed by atoms with van der Waals surface area (Å²) >= 11 is 0. The number of ether oxygens (including phenoxy) is 2. The Hall–Kier alpha value is -3.10. The maximum absolute atomic E-state index is 14.1. The van der Waals surface area contributed by atoms with Crippen LogP contribution in [-0.4, -0.2) is 59.6 Å². The first-order valence-corrected chi connectivity index (χ1v) is 13.0. The molecule has 3 unspecified atom stereocenters. The van der Waals surface area contributed by atoms with Crippen molar-refractivity contribution in [3.63, 3.8) is 0 Å². The fourth-order valence-electron chi connectivity index (χ4n) is 3.85. The molecule has 0 bridgehead atoms. The lowest BCUT2D eigenvalue weighted by Gasteiger charge is -2.38. The molecular formula is C28H45N3O6. The summed E-state index contributed by atoms with van der Waals surface area (Å²) in [5, 5.41) is 5.53. The Labute approximate surface area is 221 Å². The topological polar surface area (TPSA) is 114 Å². The summed E-state index contributed by atoms with van der Waals surface area (Å²) in [6.07, 6.45) is -0.0504. The molecule has 37 heavy (non-hydrogen) atoms. The molecule has 3 amide bonds. The maximum atomic E-state index is 14.1. The number of esters is 1. The van der Waals surface area contributed by atoms with Crippen molar-refractivity contribution in [1.29, 1.82) is 0 Å². The van der Waals surface area contributed by atoms with Gasteiger partial charge in [0.05, 0.1) is 13.0 Å². The molecule has 0 saturated heterocycles. The summed E-state index contributed by atoms with van der Waals surface area (Å²) in [4.78, 5) is 53.5. The van der Waals surface area contributed by atoms with Gasteiger partial charge in [-0.1, -0.05) is 50.1 Å². The molecule has 0 radical (unpaired) electrons. The minimum Gasteiger partial charge on any atom is -0.466 e. The van der Waals surface area contributed by atoms with Gasteiger partial charge in [-0.05, 0) is 59.9 Å². The van der Waals surface area contributed by atoms with Crippen LogP contribution in [-0.2, 0) is 23.9 Å². The molecular weight excluding hydrogens is 474 g/mol. The zero-order chi connectivity index (χ0) is 28.3. The maximum Gasteiger partial charge on any atom is 0.408 e. The predicted octanol–water partition coefficient (Wildman–Crippen LogP) is 4.28. The third kappa shape index (κ3) is 10.4. The van der Waals surface area contributed by atoms with Gasteiger partial charge < -0.3 is 25.0 Å². The highest BCUT2D eigenvalue weighted by atomic mass is 16.6. The van der Waals surface area contributed by atoms with Gasteiger partial charge in [-0.25, -0.2) is 4.79 Å². The molecule has 0 aliphatic rings. The van der Waals surface area contributed by atoms with Crippen molar-refractivity contribution in [2.45, 2.75) is 98.9 Å². The smallest absolute Gasteiger partial charge is 0.408 e. The van der Waals surface area contributed by atoms with Crippen molar-refractivity contribution in [2.75, 3.05) is 13.2 Å². The van der Waals surface area contributed by atoms with Crippen LogP contribution in [0.3, 0.4) is 0 Å². The van der Waals surface area contributed by atoms with Crippen LogP contribution in [0.5, 0.6) is 0 Å². The quantitative estimate of drug-likeness (QED) is 0.399. The lowest BCUT2D eigenvalue weighted by atomic mass is 9.94. The van der Waals surface area contributed by atoms with Crippen molar-refractivity contribution in [2.24, 2.45) is 5.92 Å². The number of hydrogen-bond acceptors (Lipinski definition) is 6. The van der Waals surface area contributed by atoms with E-state index in [0.717, 1.165) is 5.56 Å². The van der Waals surface area contributed by atoms with Crippen molar-refractivity contribution in [3.05, 3.63) is 35.4 Å². The molecule has 0 saturated carbocycles. The van der Waals surface area contributed by atoms with Gasteiger partial charge in [-0.15, -0.1) is 0 Å². The number of carbonyl (C=O) groups is 4. The van der Waals surface area contributed by atoms with E-state index in [0.29, 0.717) is 12.0 Å². The van der Waals surface area contributed by atoms with Crippen molar-refractivity contribution in [3.8, 4) is 0 Å². The normalized spacial score (nSPS) is 13.8. The Morgan fingerprint density at radius 3 is 2.22 bits per heavy atom. The van der Waals surface area contributed by atoms with Crippen LogP contribution in [0.25, 0.3) is 0 Å². The number of nitrogens with zero attached hydrogens (tertiary/aromatic N) is 1. The van der Waals surface area contributed by atoms with Gasteiger partial charge in [0.15, 0.2) is 0 Å². The molecule has 0 aromatic heterocycles. The second-order valence-corrected chi connectivity index (χ2v) is 10.5. The fraction of sp³-hybridized carbons (Fsp3) is 0.643. The summed E-state index contributed by atoms with van der Waals surface area (Å²) in [5.74, 6) is -1.43. The summed E-state index contributed by atoms with van der Waals surface area (Å²) in [6, 6.07) is 5.15. The predicted molar refractivity (Wildman–Crippen MR) is 143 cm³/mol. The number of alkyl carbamates (subject to hydrolysis) is 1. The average Bonchev–Trinajstić information content (AvgIpc) is 2.78. The molecule has 0 aliphatic carbocycles.